The maximum atomic E-state index is 13.2. The van der Waals surface area contributed by atoms with Gasteiger partial charge in [-0.3, -0.25) is 4.79 Å². The molecule has 27 heavy (non-hydrogen) atoms. The Hall–Kier alpha value is -3.22. The number of amides is 1. The number of benzene rings is 1. The second-order valence-electron chi connectivity index (χ2n) is 6.74. The van der Waals surface area contributed by atoms with Gasteiger partial charge in [-0.25, -0.2) is 14.1 Å². The van der Waals surface area contributed by atoms with Gasteiger partial charge in [-0.1, -0.05) is 13.8 Å². The minimum absolute atomic E-state index is 0.0487. The minimum Gasteiger partial charge on any atom is -0.363 e. The molecule has 2 heterocycles. The predicted octanol–water partition coefficient (Wildman–Crippen LogP) is 3.85. The Morgan fingerprint density at radius 3 is 2.37 bits per heavy atom. The van der Waals surface area contributed by atoms with Crippen molar-refractivity contribution in [3.8, 4) is 5.69 Å². The van der Waals surface area contributed by atoms with E-state index < -0.39 is 0 Å². The lowest BCUT2D eigenvalue weighted by Gasteiger charge is -2.14. The van der Waals surface area contributed by atoms with E-state index in [0.717, 1.165) is 11.5 Å². The van der Waals surface area contributed by atoms with E-state index in [9.17, 15) is 9.18 Å². The molecule has 0 aliphatic rings. The lowest BCUT2D eigenvalue weighted by atomic mass is 10.0. The molecule has 0 aliphatic carbocycles. The monoisotopic (exact) mass is 367 g/mol. The van der Waals surface area contributed by atoms with Crippen molar-refractivity contribution in [2.24, 2.45) is 0 Å². The third-order valence-corrected chi connectivity index (χ3v) is 4.13. The third kappa shape index (κ3) is 3.97. The van der Waals surface area contributed by atoms with Crippen molar-refractivity contribution >= 4 is 17.4 Å². The highest BCUT2D eigenvalue weighted by molar-refractivity contribution is 6.05. The van der Waals surface area contributed by atoms with E-state index in [1.807, 2.05) is 38.9 Å². The fraction of sp³-hybridized carbons (Fsp3) is 0.250. The molecule has 1 aromatic carbocycles. The SMILES string of the molecule is CC(C)c1c(C(=O)Nc2ccc(N(C)C)nc2)cnn1-c1ccc(F)cc1. The Kier molecular flexibility index (Phi) is 5.21. The van der Waals surface area contributed by atoms with Gasteiger partial charge in [0.15, 0.2) is 0 Å². The van der Waals surface area contributed by atoms with E-state index in [2.05, 4.69) is 15.4 Å². The van der Waals surface area contributed by atoms with Crippen LogP contribution in [0.15, 0.2) is 48.8 Å². The fourth-order valence-corrected chi connectivity index (χ4v) is 2.80. The molecule has 1 amide bonds. The first-order valence-corrected chi connectivity index (χ1v) is 8.65. The van der Waals surface area contributed by atoms with Gasteiger partial charge >= 0.3 is 0 Å². The van der Waals surface area contributed by atoms with Crippen LogP contribution in [0.5, 0.6) is 0 Å². The summed E-state index contributed by atoms with van der Waals surface area (Å²) in [4.78, 5) is 19.0. The summed E-state index contributed by atoms with van der Waals surface area (Å²) in [5.74, 6) is 0.280. The minimum atomic E-state index is -0.316. The number of carbonyl (C=O) groups excluding carboxylic acids is 1. The number of nitrogens with one attached hydrogen (secondary N) is 1. The Bertz CT molecular complexity index is 930. The first-order chi connectivity index (χ1) is 12.9. The van der Waals surface area contributed by atoms with Crippen molar-refractivity contribution in [3.05, 3.63) is 65.9 Å². The van der Waals surface area contributed by atoms with Gasteiger partial charge in [-0.2, -0.15) is 5.10 Å². The Labute approximate surface area is 157 Å². The molecular weight excluding hydrogens is 345 g/mol. The first kappa shape index (κ1) is 18.6. The van der Waals surface area contributed by atoms with Gasteiger partial charge in [0.05, 0.1) is 35.0 Å². The van der Waals surface area contributed by atoms with Gasteiger partial charge in [-0.15, -0.1) is 0 Å². The number of nitrogens with zero attached hydrogens (tertiary/aromatic N) is 4. The summed E-state index contributed by atoms with van der Waals surface area (Å²) in [5.41, 5.74) is 2.55. The summed E-state index contributed by atoms with van der Waals surface area (Å²) >= 11 is 0. The molecule has 0 unspecified atom stereocenters. The zero-order chi connectivity index (χ0) is 19.6. The largest absolute Gasteiger partial charge is 0.363 e. The number of aromatic nitrogens is 3. The average Bonchev–Trinajstić information content (AvgIpc) is 3.08. The zero-order valence-electron chi connectivity index (χ0n) is 15.8. The van der Waals surface area contributed by atoms with Crippen LogP contribution in [0.1, 0.15) is 35.8 Å². The van der Waals surface area contributed by atoms with Crippen LogP contribution in [0.2, 0.25) is 0 Å². The standard InChI is InChI=1S/C20H22FN5O/c1-13(2)19-17(12-23-26(19)16-8-5-14(21)6-9-16)20(27)24-15-7-10-18(22-11-15)25(3)4/h5-13H,1-4H3,(H,24,27). The van der Waals surface area contributed by atoms with E-state index in [0.29, 0.717) is 16.9 Å². The molecule has 7 heteroatoms. The van der Waals surface area contributed by atoms with Gasteiger partial charge in [-0.05, 0) is 42.3 Å². The summed E-state index contributed by atoms with van der Waals surface area (Å²) in [5, 5.41) is 7.21. The highest BCUT2D eigenvalue weighted by atomic mass is 19.1. The summed E-state index contributed by atoms with van der Waals surface area (Å²) < 4.78 is 14.9. The lowest BCUT2D eigenvalue weighted by molar-refractivity contribution is 0.102. The Balaban J connectivity index is 1.89. The molecule has 0 fully saturated rings. The predicted molar refractivity (Wildman–Crippen MR) is 104 cm³/mol. The van der Waals surface area contributed by atoms with Crippen LogP contribution in [-0.4, -0.2) is 34.8 Å². The molecule has 0 bridgehead atoms. The zero-order valence-corrected chi connectivity index (χ0v) is 15.8. The highest BCUT2D eigenvalue weighted by Gasteiger charge is 2.21. The van der Waals surface area contributed by atoms with Crippen LogP contribution in [0, 0.1) is 5.82 Å². The Morgan fingerprint density at radius 2 is 1.81 bits per heavy atom. The summed E-state index contributed by atoms with van der Waals surface area (Å²) in [6.07, 6.45) is 3.16. The summed E-state index contributed by atoms with van der Waals surface area (Å²) in [7, 11) is 3.80. The van der Waals surface area contributed by atoms with Crippen LogP contribution < -0.4 is 10.2 Å². The molecule has 0 aliphatic heterocycles. The normalized spacial score (nSPS) is 10.9. The molecule has 1 N–H and O–H groups in total. The topological polar surface area (TPSA) is 63.1 Å². The number of hydrogen-bond acceptors (Lipinski definition) is 4. The number of pyridine rings is 1. The molecule has 0 saturated heterocycles. The van der Waals surface area contributed by atoms with Crippen molar-refractivity contribution in [2.45, 2.75) is 19.8 Å². The number of halogens is 1. The van der Waals surface area contributed by atoms with Crippen molar-refractivity contribution in [1.29, 1.82) is 0 Å². The van der Waals surface area contributed by atoms with Crippen molar-refractivity contribution in [1.82, 2.24) is 14.8 Å². The van der Waals surface area contributed by atoms with Gasteiger partial charge in [0, 0.05) is 14.1 Å². The molecular formula is C20H22FN5O. The average molecular weight is 367 g/mol. The number of rotatable bonds is 5. The summed E-state index contributed by atoms with van der Waals surface area (Å²) in [6, 6.07) is 9.66. The van der Waals surface area contributed by atoms with E-state index >= 15 is 0 Å². The molecule has 0 radical (unpaired) electrons. The van der Waals surface area contributed by atoms with Gasteiger partial charge < -0.3 is 10.2 Å². The number of hydrogen-bond donors (Lipinski definition) is 1. The molecule has 0 atom stereocenters. The fourth-order valence-electron chi connectivity index (χ4n) is 2.80. The van der Waals surface area contributed by atoms with Gasteiger partial charge in [0.25, 0.3) is 5.91 Å². The molecule has 0 spiro atoms. The maximum absolute atomic E-state index is 13.2. The van der Waals surface area contributed by atoms with E-state index in [1.54, 1.807) is 29.1 Å². The van der Waals surface area contributed by atoms with Crippen molar-refractivity contribution < 1.29 is 9.18 Å². The number of carbonyl (C=O) groups is 1. The van der Waals surface area contributed by atoms with E-state index in [1.165, 1.54) is 18.3 Å². The molecule has 0 saturated carbocycles. The van der Waals surface area contributed by atoms with E-state index in [-0.39, 0.29) is 17.6 Å². The second kappa shape index (κ2) is 7.57. The van der Waals surface area contributed by atoms with Crippen molar-refractivity contribution in [3.63, 3.8) is 0 Å². The third-order valence-electron chi connectivity index (χ3n) is 4.13. The van der Waals surface area contributed by atoms with Crippen LogP contribution in [0.3, 0.4) is 0 Å². The Morgan fingerprint density at radius 1 is 1.11 bits per heavy atom. The molecule has 6 nitrogen and oxygen atoms in total. The van der Waals surface area contributed by atoms with Crippen molar-refractivity contribution in [2.75, 3.05) is 24.3 Å². The van der Waals surface area contributed by atoms with Crippen LogP contribution in [-0.2, 0) is 0 Å². The number of anilines is 2. The first-order valence-electron chi connectivity index (χ1n) is 8.65. The van der Waals surface area contributed by atoms with E-state index in [4.69, 9.17) is 0 Å². The quantitative estimate of drug-likeness (QED) is 0.744. The smallest absolute Gasteiger partial charge is 0.259 e. The van der Waals surface area contributed by atoms with Crippen LogP contribution >= 0.6 is 0 Å². The molecule has 3 aromatic rings. The highest BCUT2D eigenvalue weighted by Crippen LogP contribution is 2.24. The van der Waals surface area contributed by atoms with Gasteiger partial charge in [0.2, 0.25) is 0 Å². The maximum Gasteiger partial charge on any atom is 0.259 e. The molecule has 3 rings (SSSR count). The molecule has 140 valence electrons. The van der Waals surface area contributed by atoms with Gasteiger partial charge in [0.1, 0.15) is 11.6 Å². The van der Waals surface area contributed by atoms with Crippen LogP contribution in [0.25, 0.3) is 5.69 Å². The van der Waals surface area contributed by atoms with Crippen LogP contribution in [0.4, 0.5) is 15.9 Å². The lowest BCUT2D eigenvalue weighted by Crippen LogP contribution is -2.16. The summed E-state index contributed by atoms with van der Waals surface area (Å²) in [6.45, 7) is 3.97. The molecule has 2 aromatic heterocycles. The second-order valence-corrected chi connectivity index (χ2v) is 6.74.